The summed E-state index contributed by atoms with van der Waals surface area (Å²) in [6.45, 7) is 1.57. The van der Waals surface area contributed by atoms with Crippen LogP contribution in [0.1, 0.15) is 12.8 Å². The first-order chi connectivity index (χ1) is 9.81. The molecule has 1 atom stereocenters. The van der Waals surface area contributed by atoms with Crippen LogP contribution < -0.4 is 10.2 Å². The van der Waals surface area contributed by atoms with Gasteiger partial charge in [-0.3, -0.25) is 0 Å². The summed E-state index contributed by atoms with van der Waals surface area (Å²) in [7, 11) is 0. The van der Waals surface area contributed by atoms with Crippen LogP contribution in [0.3, 0.4) is 0 Å². The number of hydrogen-bond donors (Lipinski definition) is 2. The first-order valence-corrected chi connectivity index (χ1v) is 6.88. The Hall–Kier alpha value is -2.14. The van der Waals surface area contributed by atoms with Gasteiger partial charge in [0.1, 0.15) is 18.0 Å². The Kier molecular flexibility index (Phi) is 3.78. The van der Waals surface area contributed by atoms with E-state index in [9.17, 15) is 5.11 Å². The fourth-order valence-corrected chi connectivity index (χ4v) is 2.42. The molecular weight excluding hydrogens is 252 g/mol. The van der Waals surface area contributed by atoms with Crippen LogP contribution in [0.5, 0.6) is 0 Å². The van der Waals surface area contributed by atoms with E-state index < -0.39 is 0 Å². The largest absolute Gasteiger partial charge is 0.391 e. The summed E-state index contributed by atoms with van der Waals surface area (Å²) < 4.78 is 0. The molecule has 0 amide bonds. The minimum Gasteiger partial charge on any atom is -0.391 e. The Morgan fingerprint density at radius 1 is 1.20 bits per heavy atom. The van der Waals surface area contributed by atoms with Crippen molar-refractivity contribution >= 4 is 17.3 Å². The van der Waals surface area contributed by atoms with Gasteiger partial charge in [-0.2, -0.15) is 0 Å². The SMILES string of the molecule is O[C@@H]1CCCN(c2cc(Nc3ccccc3)ncn2)C1. The van der Waals surface area contributed by atoms with Crippen molar-refractivity contribution in [1.29, 1.82) is 0 Å². The van der Waals surface area contributed by atoms with Crippen LogP contribution in [0.4, 0.5) is 17.3 Å². The maximum atomic E-state index is 9.74. The quantitative estimate of drug-likeness (QED) is 0.895. The number of para-hydroxylation sites is 1. The average Bonchev–Trinajstić information content (AvgIpc) is 2.49. The normalized spacial score (nSPS) is 18.9. The summed E-state index contributed by atoms with van der Waals surface area (Å²) in [5.74, 6) is 1.62. The molecule has 1 aromatic heterocycles. The lowest BCUT2D eigenvalue weighted by atomic mass is 10.1. The number of anilines is 3. The van der Waals surface area contributed by atoms with E-state index in [4.69, 9.17) is 0 Å². The number of aliphatic hydroxyl groups excluding tert-OH is 1. The molecule has 2 aromatic rings. The topological polar surface area (TPSA) is 61.3 Å². The summed E-state index contributed by atoms with van der Waals surface area (Å²) in [5.41, 5.74) is 0.996. The molecule has 5 heteroatoms. The highest BCUT2D eigenvalue weighted by Crippen LogP contribution is 2.21. The average molecular weight is 270 g/mol. The molecule has 1 fully saturated rings. The Morgan fingerprint density at radius 2 is 2.05 bits per heavy atom. The highest BCUT2D eigenvalue weighted by Gasteiger charge is 2.19. The number of hydrogen-bond acceptors (Lipinski definition) is 5. The first kappa shape index (κ1) is 12.9. The van der Waals surface area contributed by atoms with Crippen molar-refractivity contribution in [3.05, 3.63) is 42.7 Å². The van der Waals surface area contributed by atoms with Gasteiger partial charge in [0, 0.05) is 24.8 Å². The number of piperidine rings is 1. The van der Waals surface area contributed by atoms with Crippen molar-refractivity contribution in [2.45, 2.75) is 18.9 Å². The number of benzene rings is 1. The zero-order chi connectivity index (χ0) is 13.8. The molecule has 3 rings (SSSR count). The van der Waals surface area contributed by atoms with Crippen molar-refractivity contribution in [2.24, 2.45) is 0 Å². The molecule has 1 aromatic carbocycles. The molecule has 1 aliphatic heterocycles. The Balaban J connectivity index is 1.75. The molecule has 5 nitrogen and oxygen atoms in total. The molecule has 104 valence electrons. The number of β-amino-alcohol motifs (C(OH)–C–C–N with tert-alkyl or cyclic N) is 1. The van der Waals surface area contributed by atoms with Crippen LogP contribution >= 0.6 is 0 Å². The molecule has 0 aliphatic carbocycles. The fraction of sp³-hybridized carbons (Fsp3) is 0.333. The minimum atomic E-state index is -0.260. The molecule has 1 aliphatic rings. The standard InChI is InChI=1S/C15H18N4O/c20-13-7-4-8-19(10-13)15-9-14(16-11-17-15)18-12-5-2-1-3-6-12/h1-3,5-6,9,11,13,20H,4,7-8,10H2,(H,16,17,18)/t13-/m1/s1. The van der Waals surface area contributed by atoms with Gasteiger partial charge in [-0.15, -0.1) is 0 Å². The van der Waals surface area contributed by atoms with Crippen LogP contribution in [-0.4, -0.2) is 34.3 Å². The van der Waals surface area contributed by atoms with Gasteiger partial charge >= 0.3 is 0 Å². The van der Waals surface area contributed by atoms with Crippen LogP contribution in [0.15, 0.2) is 42.7 Å². The second-order valence-corrected chi connectivity index (χ2v) is 4.99. The van der Waals surface area contributed by atoms with E-state index in [1.807, 2.05) is 36.4 Å². The second kappa shape index (κ2) is 5.88. The summed E-state index contributed by atoms with van der Waals surface area (Å²) in [4.78, 5) is 10.6. The van der Waals surface area contributed by atoms with E-state index in [0.29, 0.717) is 6.54 Å². The maximum absolute atomic E-state index is 9.74. The number of aromatic nitrogens is 2. The summed E-state index contributed by atoms with van der Waals surface area (Å²) in [6.07, 6.45) is 3.16. The summed E-state index contributed by atoms with van der Waals surface area (Å²) in [5, 5.41) is 13.0. The third-order valence-corrected chi connectivity index (χ3v) is 3.42. The number of nitrogens with one attached hydrogen (secondary N) is 1. The first-order valence-electron chi connectivity index (χ1n) is 6.88. The van der Waals surface area contributed by atoms with Crippen LogP contribution in [0, 0.1) is 0 Å². The number of aliphatic hydroxyl groups is 1. The molecule has 0 radical (unpaired) electrons. The molecule has 20 heavy (non-hydrogen) atoms. The van der Waals surface area contributed by atoms with E-state index in [1.54, 1.807) is 6.33 Å². The third kappa shape index (κ3) is 3.05. The molecule has 2 N–H and O–H groups in total. The van der Waals surface area contributed by atoms with Gasteiger partial charge in [-0.25, -0.2) is 9.97 Å². The zero-order valence-corrected chi connectivity index (χ0v) is 11.2. The monoisotopic (exact) mass is 270 g/mol. The predicted octanol–water partition coefficient (Wildman–Crippen LogP) is 2.18. The fourth-order valence-electron chi connectivity index (χ4n) is 2.42. The predicted molar refractivity (Wildman–Crippen MR) is 79.2 cm³/mol. The third-order valence-electron chi connectivity index (χ3n) is 3.42. The lowest BCUT2D eigenvalue weighted by Crippen LogP contribution is -2.38. The summed E-state index contributed by atoms with van der Waals surface area (Å²) >= 11 is 0. The highest BCUT2D eigenvalue weighted by atomic mass is 16.3. The van der Waals surface area contributed by atoms with E-state index in [0.717, 1.165) is 36.7 Å². The Labute approximate surface area is 118 Å². The maximum Gasteiger partial charge on any atom is 0.135 e. The summed E-state index contributed by atoms with van der Waals surface area (Å²) in [6, 6.07) is 11.8. The lowest BCUT2D eigenvalue weighted by molar-refractivity contribution is 0.154. The van der Waals surface area contributed by atoms with Gasteiger partial charge in [0.05, 0.1) is 6.10 Å². The lowest BCUT2D eigenvalue weighted by Gasteiger charge is -2.31. The van der Waals surface area contributed by atoms with Crippen molar-refractivity contribution in [3.8, 4) is 0 Å². The van der Waals surface area contributed by atoms with Crippen molar-refractivity contribution < 1.29 is 5.11 Å². The van der Waals surface area contributed by atoms with Gasteiger partial charge < -0.3 is 15.3 Å². The number of rotatable bonds is 3. The number of nitrogens with zero attached hydrogens (tertiary/aromatic N) is 3. The van der Waals surface area contributed by atoms with E-state index in [-0.39, 0.29) is 6.10 Å². The molecular formula is C15H18N4O. The molecule has 0 spiro atoms. The van der Waals surface area contributed by atoms with Gasteiger partial charge in [-0.05, 0) is 25.0 Å². The van der Waals surface area contributed by atoms with Crippen molar-refractivity contribution in [3.63, 3.8) is 0 Å². The smallest absolute Gasteiger partial charge is 0.135 e. The molecule has 2 heterocycles. The van der Waals surface area contributed by atoms with Crippen molar-refractivity contribution in [2.75, 3.05) is 23.3 Å². The van der Waals surface area contributed by atoms with Gasteiger partial charge in [0.2, 0.25) is 0 Å². The highest BCUT2D eigenvalue weighted by molar-refractivity contribution is 5.59. The second-order valence-electron chi connectivity index (χ2n) is 4.99. The van der Waals surface area contributed by atoms with Crippen LogP contribution in [0.25, 0.3) is 0 Å². The molecule has 1 saturated heterocycles. The molecule has 0 saturated carbocycles. The van der Waals surface area contributed by atoms with Gasteiger partial charge in [0.15, 0.2) is 0 Å². The van der Waals surface area contributed by atoms with Gasteiger partial charge in [-0.1, -0.05) is 18.2 Å². The minimum absolute atomic E-state index is 0.260. The van der Waals surface area contributed by atoms with Crippen LogP contribution in [0.2, 0.25) is 0 Å². The van der Waals surface area contributed by atoms with E-state index in [2.05, 4.69) is 20.2 Å². The van der Waals surface area contributed by atoms with Crippen molar-refractivity contribution in [1.82, 2.24) is 9.97 Å². The van der Waals surface area contributed by atoms with Gasteiger partial charge in [0.25, 0.3) is 0 Å². The van der Waals surface area contributed by atoms with E-state index >= 15 is 0 Å². The van der Waals surface area contributed by atoms with Crippen LogP contribution in [-0.2, 0) is 0 Å². The molecule has 0 bridgehead atoms. The Bertz CT molecular complexity index is 561. The Morgan fingerprint density at radius 3 is 2.85 bits per heavy atom. The van der Waals surface area contributed by atoms with E-state index in [1.165, 1.54) is 0 Å². The molecule has 0 unspecified atom stereocenters. The zero-order valence-electron chi connectivity index (χ0n) is 11.2.